The molecule has 0 saturated carbocycles. The predicted molar refractivity (Wildman–Crippen MR) is 115 cm³/mol. The number of benzene rings is 1. The number of hydrogen-bond acceptors (Lipinski definition) is 7. The topological polar surface area (TPSA) is 103 Å². The molecule has 11 heteroatoms. The molecule has 2 aromatic heterocycles. The minimum absolute atomic E-state index is 0.0283. The van der Waals surface area contributed by atoms with Gasteiger partial charge in [0.05, 0.1) is 16.7 Å². The fourth-order valence-corrected chi connectivity index (χ4v) is 4.72. The Morgan fingerprint density at radius 3 is 2.79 bits per heavy atom. The van der Waals surface area contributed by atoms with Crippen LogP contribution in [0.1, 0.15) is 32.6 Å². The number of nitrogens with one attached hydrogen (secondary N) is 1. The van der Waals surface area contributed by atoms with Crippen molar-refractivity contribution in [2.75, 3.05) is 7.11 Å². The second kappa shape index (κ2) is 7.78. The van der Waals surface area contributed by atoms with Gasteiger partial charge in [0.15, 0.2) is 12.0 Å². The van der Waals surface area contributed by atoms with Crippen LogP contribution in [0, 0.1) is 5.82 Å². The molecule has 9 nitrogen and oxygen atoms in total. The normalized spacial score (nSPS) is 28.8. The fraction of sp³-hybridized carbons (Fsp3) is 0.455. The van der Waals surface area contributed by atoms with E-state index in [1.165, 1.54) is 25.6 Å². The zero-order chi connectivity index (χ0) is 23.5. The molecule has 1 aromatic carbocycles. The summed E-state index contributed by atoms with van der Waals surface area (Å²) in [7, 11) is 1.45. The number of H-pyrrole nitrogens is 1. The number of hydrogen-bond donors (Lipinski definition) is 2. The molecule has 5 rings (SSSR count). The highest BCUT2D eigenvalue weighted by atomic mass is 35.5. The first kappa shape index (κ1) is 22.3. The Bertz CT molecular complexity index is 1270. The zero-order valence-corrected chi connectivity index (χ0v) is 19.2. The van der Waals surface area contributed by atoms with Crippen LogP contribution >= 0.6 is 11.6 Å². The highest BCUT2D eigenvalue weighted by Gasteiger charge is 2.60. The lowest BCUT2D eigenvalue weighted by atomic mass is 9.86. The number of fused-ring (bicyclic) bond motifs is 2. The van der Waals surface area contributed by atoms with E-state index in [1.807, 2.05) is 16.8 Å². The fourth-order valence-electron chi connectivity index (χ4n) is 4.60. The Morgan fingerprint density at radius 2 is 2.06 bits per heavy atom. The van der Waals surface area contributed by atoms with E-state index in [2.05, 4.69) is 15.1 Å². The van der Waals surface area contributed by atoms with Gasteiger partial charge in [-0.15, -0.1) is 0 Å². The monoisotopic (exact) mass is 478 g/mol. The van der Waals surface area contributed by atoms with Gasteiger partial charge in [-0.2, -0.15) is 0 Å². The van der Waals surface area contributed by atoms with Crippen molar-refractivity contribution in [3.63, 3.8) is 0 Å². The Kier molecular flexibility index (Phi) is 5.26. The summed E-state index contributed by atoms with van der Waals surface area (Å²) in [6.07, 6.45) is 0.625. The van der Waals surface area contributed by atoms with Crippen LogP contribution in [0.2, 0.25) is 5.02 Å². The molecular formula is C22H24ClFN4O5. The van der Waals surface area contributed by atoms with Gasteiger partial charge in [-0.3, -0.25) is 0 Å². The van der Waals surface area contributed by atoms with Crippen LogP contribution in [0.3, 0.4) is 0 Å². The second-order valence-electron chi connectivity index (χ2n) is 8.77. The first-order valence-corrected chi connectivity index (χ1v) is 10.8. The lowest BCUT2D eigenvalue weighted by Gasteiger charge is -2.34. The van der Waals surface area contributed by atoms with Crippen molar-refractivity contribution in [1.29, 1.82) is 0 Å². The summed E-state index contributed by atoms with van der Waals surface area (Å²) < 4.78 is 34.7. The lowest BCUT2D eigenvalue weighted by Crippen LogP contribution is -2.45. The Hall–Kier alpha value is -2.50. The summed E-state index contributed by atoms with van der Waals surface area (Å²) in [6, 6.07) is 6.01. The molecule has 0 bridgehead atoms. The van der Waals surface area contributed by atoms with Crippen molar-refractivity contribution in [2.24, 2.45) is 5.16 Å². The van der Waals surface area contributed by atoms with Gasteiger partial charge in [-0.1, -0.05) is 22.8 Å². The van der Waals surface area contributed by atoms with E-state index < -0.39 is 41.7 Å². The van der Waals surface area contributed by atoms with E-state index in [0.717, 1.165) is 0 Å². The average Bonchev–Trinajstić information content (AvgIpc) is 3.41. The third-order valence-corrected chi connectivity index (χ3v) is 6.39. The number of ether oxygens (including phenoxy) is 3. The molecule has 0 radical (unpaired) electrons. The van der Waals surface area contributed by atoms with Crippen molar-refractivity contribution in [3.8, 4) is 0 Å². The molecule has 2 fully saturated rings. The molecule has 2 N–H and O–H groups in total. The third kappa shape index (κ3) is 3.62. The number of aromatic nitrogens is 3. The molecule has 3 aromatic rings. The lowest BCUT2D eigenvalue weighted by molar-refractivity contribution is -0.221. The first-order chi connectivity index (χ1) is 15.6. The third-order valence-electron chi connectivity index (χ3n) is 6.08. The number of aliphatic hydroxyl groups is 1. The highest BCUT2D eigenvalue weighted by Crippen LogP contribution is 2.48. The van der Waals surface area contributed by atoms with E-state index in [1.54, 1.807) is 26.8 Å². The summed E-state index contributed by atoms with van der Waals surface area (Å²) in [6.45, 7) is 5.17. The maximum Gasteiger partial charge on any atom is 0.203 e. The second-order valence-corrected chi connectivity index (χ2v) is 9.18. The zero-order valence-electron chi connectivity index (χ0n) is 18.5. The molecule has 176 valence electrons. The van der Waals surface area contributed by atoms with Crippen LogP contribution in [-0.2, 0) is 24.6 Å². The minimum Gasteiger partial charge on any atom is -0.397 e. The Morgan fingerprint density at radius 1 is 1.30 bits per heavy atom. The molecule has 0 amide bonds. The smallest absolute Gasteiger partial charge is 0.203 e. The van der Waals surface area contributed by atoms with Crippen LogP contribution in [0.15, 0.2) is 41.9 Å². The van der Waals surface area contributed by atoms with Gasteiger partial charge in [0, 0.05) is 6.20 Å². The average molecular weight is 479 g/mol. The van der Waals surface area contributed by atoms with Gasteiger partial charge in [-0.25, -0.2) is 9.37 Å². The molecule has 2 aliphatic heterocycles. The standard InChI is InChI=1S/C22H24ClFN4O5/c1-21(2)32-15-16(33-21)20(28-8-7-12-18(27-30-4)25-10-26-19(12)28)31-17(15)22(3,29)11-5-6-13(23)14(24)9-11/h5-10,15-17,20,29H,1-4H3,(H,25,26,27)/t15-,16+,17-,20+,22?/m0/s1. The van der Waals surface area contributed by atoms with Gasteiger partial charge in [0.2, 0.25) is 5.49 Å². The van der Waals surface area contributed by atoms with E-state index in [0.29, 0.717) is 22.1 Å². The van der Waals surface area contributed by atoms with Crippen molar-refractivity contribution in [1.82, 2.24) is 14.5 Å². The molecule has 0 aliphatic carbocycles. The maximum absolute atomic E-state index is 14.2. The summed E-state index contributed by atoms with van der Waals surface area (Å²) in [5, 5.41) is 16.2. The molecule has 1 unspecified atom stereocenters. The van der Waals surface area contributed by atoms with Gasteiger partial charge < -0.3 is 33.7 Å². The molecule has 0 spiro atoms. The summed E-state index contributed by atoms with van der Waals surface area (Å²) in [4.78, 5) is 12.2. The number of aromatic amines is 1. The maximum atomic E-state index is 14.2. The van der Waals surface area contributed by atoms with E-state index >= 15 is 0 Å². The SMILES string of the molecule is CON=c1nc[nH]c2c1ccn2[C@@H]1O[C@H](C(C)(O)c2ccc(Cl)c(F)c2)[C@H]2OC(C)(C)O[C@H]21. The number of halogens is 2. The van der Waals surface area contributed by atoms with Crippen LogP contribution in [0.5, 0.6) is 0 Å². The van der Waals surface area contributed by atoms with Gasteiger partial charge in [0.1, 0.15) is 42.5 Å². The molecule has 5 atom stereocenters. The highest BCUT2D eigenvalue weighted by molar-refractivity contribution is 6.30. The Balaban J connectivity index is 1.58. The molecule has 33 heavy (non-hydrogen) atoms. The number of nitrogens with zero attached hydrogens (tertiary/aromatic N) is 3. The van der Waals surface area contributed by atoms with Crippen molar-refractivity contribution in [2.45, 2.75) is 56.7 Å². The molecule has 2 aliphatic rings. The summed E-state index contributed by atoms with van der Waals surface area (Å²) in [5.41, 5.74) is -0.201. The predicted octanol–water partition coefficient (Wildman–Crippen LogP) is 2.94. The van der Waals surface area contributed by atoms with Crippen LogP contribution in [0.25, 0.3) is 11.0 Å². The van der Waals surface area contributed by atoms with Crippen molar-refractivity contribution < 1.29 is 28.5 Å². The summed E-state index contributed by atoms with van der Waals surface area (Å²) >= 11 is 5.84. The van der Waals surface area contributed by atoms with Crippen molar-refractivity contribution in [3.05, 3.63) is 58.7 Å². The van der Waals surface area contributed by atoms with Gasteiger partial charge in [0.25, 0.3) is 0 Å². The molecule has 2 saturated heterocycles. The number of rotatable bonds is 4. The van der Waals surface area contributed by atoms with Gasteiger partial charge in [-0.05, 0) is 44.5 Å². The Labute approximate surface area is 193 Å². The molecule has 4 heterocycles. The van der Waals surface area contributed by atoms with Crippen LogP contribution < -0.4 is 5.49 Å². The summed E-state index contributed by atoms with van der Waals surface area (Å²) in [5.74, 6) is -1.53. The van der Waals surface area contributed by atoms with Gasteiger partial charge >= 0.3 is 0 Å². The minimum atomic E-state index is -1.60. The molecular weight excluding hydrogens is 455 g/mol. The van der Waals surface area contributed by atoms with E-state index in [4.69, 9.17) is 30.6 Å². The quantitative estimate of drug-likeness (QED) is 0.559. The first-order valence-electron chi connectivity index (χ1n) is 10.4. The van der Waals surface area contributed by atoms with Crippen molar-refractivity contribution >= 4 is 22.6 Å². The largest absolute Gasteiger partial charge is 0.397 e. The van der Waals surface area contributed by atoms with E-state index in [-0.39, 0.29) is 5.02 Å². The van der Waals surface area contributed by atoms with Crippen LogP contribution in [0.4, 0.5) is 4.39 Å². The van der Waals surface area contributed by atoms with E-state index in [9.17, 15) is 9.50 Å². The van der Waals surface area contributed by atoms with Crippen LogP contribution in [-0.4, -0.2) is 50.9 Å².